The number of ether oxygens (including phenoxy) is 2. The maximum absolute atomic E-state index is 5.80. The molecule has 1 aliphatic heterocycles. The second-order valence-corrected chi connectivity index (χ2v) is 7.43. The Labute approximate surface area is 179 Å². The fourth-order valence-corrected chi connectivity index (χ4v) is 3.64. The Balaban J connectivity index is 1.46. The highest BCUT2D eigenvalue weighted by atomic mass is 16.5. The van der Waals surface area contributed by atoms with Crippen LogP contribution in [0.3, 0.4) is 0 Å². The van der Waals surface area contributed by atoms with Crippen molar-refractivity contribution in [2.45, 2.75) is 32.4 Å². The molecule has 2 aromatic rings. The number of hydrogen-bond acceptors (Lipinski definition) is 5. The number of rotatable bonds is 9. The summed E-state index contributed by atoms with van der Waals surface area (Å²) in [6.07, 6.45) is 6.28. The van der Waals surface area contributed by atoms with Gasteiger partial charge in [-0.25, -0.2) is 0 Å². The third-order valence-electron chi connectivity index (χ3n) is 5.12. The van der Waals surface area contributed by atoms with Crippen LogP contribution < -0.4 is 20.3 Å². The molecule has 1 aromatic carbocycles. The van der Waals surface area contributed by atoms with Crippen molar-refractivity contribution >= 4 is 11.6 Å². The van der Waals surface area contributed by atoms with Gasteiger partial charge in [-0.2, -0.15) is 5.10 Å². The van der Waals surface area contributed by atoms with E-state index >= 15 is 0 Å². The fourth-order valence-electron chi connectivity index (χ4n) is 3.64. The van der Waals surface area contributed by atoms with Gasteiger partial charge in [-0.3, -0.25) is 9.67 Å². The number of nitrogens with zero attached hydrogens (tertiary/aromatic N) is 4. The van der Waals surface area contributed by atoms with Crippen LogP contribution in [0, 0.1) is 0 Å². The van der Waals surface area contributed by atoms with E-state index in [1.165, 1.54) is 5.69 Å². The quantitative estimate of drug-likeness (QED) is 0.372. The van der Waals surface area contributed by atoms with Crippen LogP contribution in [0.4, 0.5) is 5.69 Å². The monoisotopic (exact) mass is 414 g/mol. The second kappa shape index (κ2) is 11.4. The molecule has 1 aliphatic rings. The first-order valence-electron chi connectivity index (χ1n) is 10.7. The molecule has 1 aromatic heterocycles. The lowest BCUT2D eigenvalue weighted by Crippen LogP contribution is -2.51. The minimum atomic E-state index is 0.353. The summed E-state index contributed by atoms with van der Waals surface area (Å²) in [5.41, 5.74) is 2.22. The summed E-state index contributed by atoms with van der Waals surface area (Å²) < 4.78 is 13.0. The number of nitrogens with one attached hydrogen (secondary N) is 2. The van der Waals surface area contributed by atoms with E-state index in [-0.39, 0.29) is 0 Å². The number of aliphatic imine (C=N–C) groups is 1. The van der Waals surface area contributed by atoms with Crippen molar-refractivity contribution < 1.29 is 9.47 Å². The highest BCUT2D eigenvalue weighted by molar-refractivity contribution is 5.80. The van der Waals surface area contributed by atoms with Gasteiger partial charge in [0.15, 0.2) is 5.96 Å². The van der Waals surface area contributed by atoms with Crippen molar-refractivity contribution in [1.82, 2.24) is 20.4 Å². The molecule has 1 fully saturated rings. The molecule has 0 amide bonds. The summed E-state index contributed by atoms with van der Waals surface area (Å²) >= 11 is 0. The van der Waals surface area contributed by atoms with E-state index in [9.17, 15) is 0 Å². The zero-order chi connectivity index (χ0) is 21.2. The van der Waals surface area contributed by atoms with E-state index in [0.717, 1.165) is 49.7 Å². The average Bonchev–Trinajstić information content (AvgIpc) is 3.20. The zero-order valence-electron chi connectivity index (χ0n) is 18.3. The minimum absolute atomic E-state index is 0.353. The normalized spacial score (nSPS) is 17.1. The molecule has 1 saturated heterocycles. The number of guanidine groups is 1. The van der Waals surface area contributed by atoms with Crippen molar-refractivity contribution in [3.05, 3.63) is 42.2 Å². The Morgan fingerprint density at radius 1 is 1.33 bits per heavy atom. The molecular formula is C22H34N6O2. The predicted octanol–water partition coefficient (Wildman–Crippen LogP) is 2.17. The maximum Gasteiger partial charge on any atom is 0.191 e. The Kier molecular flexibility index (Phi) is 8.38. The largest absolute Gasteiger partial charge is 0.496 e. The van der Waals surface area contributed by atoms with Gasteiger partial charge in [0.05, 0.1) is 38.8 Å². The molecular weight excluding hydrogens is 380 g/mol. The van der Waals surface area contributed by atoms with Gasteiger partial charge in [-0.15, -0.1) is 0 Å². The first-order valence-corrected chi connectivity index (χ1v) is 10.7. The van der Waals surface area contributed by atoms with Crippen molar-refractivity contribution in [3.8, 4) is 5.75 Å². The van der Waals surface area contributed by atoms with Crippen molar-refractivity contribution in [2.75, 3.05) is 44.8 Å². The Bertz CT molecular complexity index is 806. The van der Waals surface area contributed by atoms with Gasteiger partial charge in [-0.1, -0.05) is 18.2 Å². The number of piperidine rings is 1. The fraction of sp³-hybridized carbons (Fsp3) is 0.545. The van der Waals surface area contributed by atoms with E-state index in [1.54, 1.807) is 7.11 Å². The number of benzene rings is 1. The highest BCUT2D eigenvalue weighted by Crippen LogP contribution is 2.19. The van der Waals surface area contributed by atoms with Gasteiger partial charge in [-0.05, 0) is 25.8 Å². The van der Waals surface area contributed by atoms with Crippen molar-refractivity contribution in [2.24, 2.45) is 12.0 Å². The molecule has 0 spiro atoms. The summed E-state index contributed by atoms with van der Waals surface area (Å²) in [6.45, 7) is 6.59. The van der Waals surface area contributed by atoms with Crippen molar-refractivity contribution in [1.29, 1.82) is 0 Å². The molecule has 0 aliphatic carbocycles. The van der Waals surface area contributed by atoms with Crippen molar-refractivity contribution in [3.63, 3.8) is 0 Å². The van der Waals surface area contributed by atoms with Crippen LogP contribution in [0.1, 0.15) is 25.3 Å². The van der Waals surface area contributed by atoms with E-state index in [2.05, 4.69) is 38.7 Å². The van der Waals surface area contributed by atoms with Crippen LogP contribution in [0.5, 0.6) is 5.75 Å². The molecule has 2 heterocycles. The molecule has 2 N–H and O–H groups in total. The van der Waals surface area contributed by atoms with E-state index in [1.807, 2.05) is 42.2 Å². The highest BCUT2D eigenvalue weighted by Gasteiger charge is 2.21. The lowest BCUT2D eigenvalue weighted by molar-refractivity contribution is 0.126. The van der Waals surface area contributed by atoms with Gasteiger partial charge >= 0.3 is 0 Å². The Morgan fingerprint density at radius 2 is 2.20 bits per heavy atom. The SMILES string of the molecule is CCNC(=NCCOCc1ccccc1OC)NC1CCCN(c2cnn(C)c2)C1. The van der Waals surface area contributed by atoms with Crippen LogP contribution in [-0.2, 0) is 18.4 Å². The van der Waals surface area contributed by atoms with E-state index < -0.39 is 0 Å². The number of aromatic nitrogens is 2. The topological polar surface area (TPSA) is 75.9 Å². The van der Waals surface area contributed by atoms with Gasteiger partial charge in [0, 0.05) is 44.5 Å². The smallest absolute Gasteiger partial charge is 0.191 e. The molecule has 1 atom stereocenters. The Hall–Kier alpha value is -2.74. The molecule has 0 bridgehead atoms. The molecule has 8 heteroatoms. The summed E-state index contributed by atoms with van der Waals surface area (Å²) in [5.74, 6) is 1.70. The second-order valence-electron chi connectivity index (χ2n) is 7.43. The van der Waals surface area contributed by atoms with Gasteiger partial charge in [0.25, 0.3) is 0 Å². The lowest BCUT2D eigenvalue weighted by atomic mass is 10.1. The van der Waals surface area contributed by atoms with Gasteiger partial charge < -0.3 is 25.0 Å². The van der Waals surface area contributed by atoms with Crippen LogP contribution in [0.2, 0.25) is 0 Å². The lowest BCUT2D eigenvalue weighted by Gasteiger charge is -2.34. The number of aryl methyl sites for hydroxylation is 1. The number of para-hydroxylation sites is 1. The summed E-state index contributed by atoms with van der Waals surface area (Å²) in [5, 5.41) is 11.2. The van der Waals surface area contributed by atoms with Crippen LogP contribution in [-0.4, -0.2) is 61.7 Å². The number of anilines is 1. The number of methoxy groups -OCH3 is 1. The standard InChI is InChI=1S/C22H34N6O2/c1-4-23-22(24-11-13-30-17-18-8-5-6-10-21(18)29-3)26-19-9-7-12-28(15-19)20-14-25-27(2)16-20/h5-6,8,10,14,16,19H,4,7,9,11-13,15,17H2,1-3H3,(H2,23,24,26). The first kappa shape index (κ1) is 22.0. The third kappa shape index (κ3) is 6.38. The third-order valence-corrected chi connectivity index (χ3v) is 5.12. The predicted molar refractivity (Wildman–Crippen MR) is 120 cm³/mol. The molecule has 0 saturated carbocycles. The summed E-state index contributed by atoms with van der Waals surface area (Å²) in [4.78, 5) is 7.07. The van der Waals surface area contributed by atoms with Crippen LogP contribution in [0.15, 0.2) is 41.7 Å². The van der Waals surface area contributed by atoms with E-state index in [0.29, 0.717) is 25.8 Å². The molecule has 0 radical (unpaired) electrons. The summed E-state index contributed by atoms with van der Waals surface area (Å²) in [7, 11) is 3.63. The number of hydrogen-bond donors (Lipinski definition) is 2. The van der Waals surface area contributed by atoms with Gasteiger partial charge in [0.2, 0.25) is 0 Å². The zero-order valence-corrected chi connectivity index (χ0v) is 18.3. The van der Waals surface area contributed by atoms with Crippen LogP contribution >= 0.6 is 0 Å². The average molecular weight is 415 g/mol. The summed E-state index contributed by atoms with van der Waals surface area (Å²) in [6, 6.07) is 8.27. The Morgan fingerprint density at radius 3 is 2.97 bits per heavy atom. The van der Waals surface area contributed by atoms with Gasteiger partial charge in [0.1, 0.15) is 5.75 Å². The van der Waals surface area contributed by atoms with Crippen LogP contribution in [0.25, 0.3) is 0 Å². The molecule has 1 unspecified atom stereocenters. The first-order chi connectivity index (χ1) is 14.7. The minimum Gasteiger partial charge on any atom is -0.496 e. The molecule has 30 heavy (non-hydrogen) atoms. The molecule has 3 rings (SSSR count). The molecule has 8 nitrogen and oxygen atoms in total. The van der Waals surface area contributed by atoms with E-state index in [4.69, 9.17) is 9.47 Å². The maximum atomic E-state index is 5.80. The molecule has 164 valence electrons.